The molecule has 1 fully saturated rings. The third-order valence-electron chi connectivity index (χ3n) is 4.76. The van der Waals surface area contributed by atoms with Gasteiger partial charge in [-0.25, -0.2) is 4.79 Å². The Hall–Kier alpha value is -3.07. The number of carboxylic acid groups (broad SMARTS) is 2. The molecule has 0 spiro atoms. The summed E-state index contributed by atoms with van der Waals surface area (Å²) < 4.78 is 0. The summed E-state index contributed by atoms with van der Waals surface area (Å²) in [5.41, 5.74) is 10.5. The summed E-state index contributed by atoms with van der Waals surface area (Å²) in [5.74, 6) is -5.35. The molecule has 3 amide bonds. The Kier molecular flexibility index (Phi) is 12.0. The molecule has 0 bridgehead atoms. The minimum Gasteiger partial charge on any atom is -0.481 e. The average molecular weight is 490 g/mol. The van der Waals surface area contributed by atoms with Crippen molar-refractivity contribution < 1.29 is 34.2 Å². The number of thiol groups is 1. The van der Waals surface area contributed by atoms with Gasteiger partial charge in [0.15, 0.2) is 5.96 Å². The summed E-state index contributed by atoms with van der Waals surface area (Å²) in [6.07, 6.45) is 1.02. The first kappa shape index (κ1) is 28.0. The maximum Gasteiger partial charge on any atom is 0.327 e. The lowest BCUT2D eigenvalue weighted by Crippen LogP contribution is -2.57. The number of aliphatic imine (C=N–C) groups is 1. The minimum atomic E-state index is -1.57. The molecule has 1 heterocycles. The van der Waals surface area contributed by atoms with E-state index in [9.17, 15) is 24.0 Å². The largest absolute Gasteiger partial charge is 0.481 e. The van der Waals surface area contributed by atoms with Crippen LogP contribution in [0.1, 0.15) is 32.1 Å². The van der Waals surface area contributed by atoms with E-state index in [1.165, 1.54) is 0 Å². The van der Waals surface area contributed by atoms with Crippen molar-refractivity contribution in [1.82, 2.24) is 21.3 Å². The lowest BCUT2D eigenvalue weighted by molar-refractivity contribution is -0.143. The Bertz CT molecular complexity index is 754. The van der Waals surface area contributed by atoms with Gasteiger partial charge in [-0.3, -0.25) is 24.2 Å². The number of hydrogen-bond donors (Lipinski definition) is 9. The van der Waals surface area contributed by atoms with Crippen molar-refractivity contribution in [2.24, 2.45) is 16.5 Å². The molecular weight excluding hydrogens is 458 g/mol. The van der Waals surface area contributed by atoms with Gasteiger partial charge in [-0.2, -0.15) is 12.6 Å². The van der Waals surface area contributed by atoms with E-state index in [4.69, 9.17) is 21.7 Å². The van der Waals surface area contributed by atoms with E-state index in [1.54, 1.807) is 0 Å². The highest BCUT2D eigenvalue weighted by atomic mass is 32.1. The second-order valence-electron chi connectivity index (χ2n) is 7.40. The number of aliphatic carboxylic acids is 2. The zero-order chi connectivity index (χ0) is 25.0. The fraction of sp³-hybridized carbons (Fsp3) is 0.667. The fourth-order valence-electron chi connectivity index (χ4n) is 3.07. The van der Waals surface area contributed by atoms with Gasteiger partial charge in [0, 0.05) is 12.3 Å². The highest BCUT2D eigenvalue weighted by Gasteiger charge is 2.32. The second kappa shape index (κ2) is 14.2. The molecule has 0 aromatic heterocycles. The number of nitrogens with zero attached hydrogens (tertiary/aromatic N) is 1. The van der Waals surface area contributed by atoms with Gasteiger partial charge >= 0.3 is 11.9 Å². The fourth-order valence-corrected chi connectivity index (χ4v) is 3.31. The lowest BCUT2D eigenvalue weighted by Gasteiger charge is -2.24. The van der Waals surface area contributed by atoms with Crippen LogP contribution >= 0.6 is 12.6 Å². The number of hydrogen-bond acceptors (Lipinski definition) is 8. The molecule has 0 saturated carbocycles. The van der Waals surface area contributed by atoms with E-state index < -0.39 is 60.2 Å². The molecule has 0 radical (unpaired) electrons. The molecule has 15 heteroatoms. The Labute approximate surface area is 195 Å². The van der Waals surface area contributed by atoms with E-state index >= 15 is 0 Å². The smallest absolute Gasteiger partial charge is 0.327 e. The van der Waals surface area contributed by atoms with Gasteiger partial charge in [0.2, 0.25) is 17.7 Å². The Morgan fingerprint density at radius 1 is 1.03 bits per heavy atom. The molecule has 1 saturated heterocycles. The van der Waals surface area contributed by atoms with Crippen molar-refractivity contribution in [3.05, 3.63) is 0 Å². The molecule has 0 aromatic rings. The number of carbonyl (C=O) groups excluding carboxylic acids is 3. The van der Waals surface area contributed by atoms with E-state index in [-0.39, 0.29) is 24.7 Å². The summed E-state index contributed by atoms with van der Waals surface area (Å²) in [4.78, 5) is 64.0. The summed E-state index contributed by atoms with van der Waals surface area (Å²) in [6.45, 7) is 0.848. The first-order valence-corrected chi connectivity index (χ1v) is 10.9. The predicted molar refractivity (Wildman–Crippen MR) is 120 cm³/mol. The Morgan fingerprint density at radius 2 is 1.67 bits per heavy atom. The molecule has 4 atom stereocenters. The number of rotatable bonds is 14. The van der Waals surface area contributed by atoms with Gasteiger partial charge < -0.3 is 42.9 Å². The molecule has 0 aliphatic carbocycles. The van der Waals surface area contributed by atoms with Gasteiger partial charge in [0.25, 0.3) is 0 Å². The molecule has 33 heavy (non-hydrogen) atoms. The number of amides is 3. The van der Waals surface area contributed by atoms with Crippen LogP contribution in [0.3, 0.4) is 0 Å². The normalized spacial score (nSPS) is 17.8. The third kappa shape index (κ3) is 10.4. The Morgan fingerprint density at radius 3 is 2.18 bits per heavy atom. The zero-order valence-electron chi connectivity index (χ0n) is 18.0. The summed E-state index contributed by atoms with van der Waals surface area (Å²) in [7, 11) is 0. The van der Waals surface area contributed by atoms with E-state index in [1.807, 2.05) is 0 Å². The lowest BCUT2D eigenvalue weighted by atomic mass is 10.1. The number of carboxylic acids is 2. The van der Waals surface area contributed by atoms with Crippen LogP contribution in [-0.2, 0) is 24.0 Å². The van der Waals surface area contributed by atoms with Gasteiger partial charge in [0.1, 0.15) is 18.1 Å². The summed E-state index contributed by atoms with van der Waals surface area (Å²) in [6, 6.07) is -4.52. The monoisotopic (exact) mass is 489 g/mol. The number of guanidine groups is 1. The first-order chi connectivity index (χ1) is 15.5. The highest BCUT2D eigenvalue weighted by molar-refractivity contribution is 7.80. The van der Waals surface area contributed by atoms with Crippen LogP contribution in [-0.4, -0.2) is 88.8 Å². The summed E-state index contributed by atoms with van der Waals surface area (Å²) in [5, 5.41) is 28.2. The first-order valence-electron chi connectivity index (χ1n) is 10.3. The van der Waals surface area contributed by atoms with Crippen LogP contribution in [0.4, 0.5) is 0 Å². The minimum absolute atomic E-state index is 0.108. The molecular formula is C18H31N7O7S. The van der Waals surface area contributed by atoms with Crippen molar-refractivity contribution in [3.8, 4) is 0 Å². The van der Waals surface area contributed by atoms with Crippen molar-refractivity contribution >= 4 is 48.2 Å². The topological polar surface area (TPSA) is 238 Å². The van der Waals surface area contributed by atoms with Crippen molar-refractivity contribution in [2.45, 2.75) is 56.3 Å². The zero-order valence-corrected chi connectivity index (χ0v) is 18.8. The van der Waals surface area contributed by atoms with Gasteiger partial charge in [-0.05, 0) is 32.2 Å². The molecule has 1 rings (SSSR count). The highest BCUT2D eigenvalue weighted by Crippen LogP contribution is 2.07. The van der Waals surface area contributed by atoms with E-state index in [0.29, 0.717) is 19.4 Å². The average Bonchev–Trinajstić information content (AvgIpc) is 3.27. The van der Waals surface area contributed by atoms with Crippen LogP contribution in [0.25, 0.3) is 0 Å². The predicted octanol–water partition coefficient (Wildman–Crippen LogP) is -3.26. The second-order valence-corrected chi connectivity index (χ2v) is 7.77. The molecule has 1 aliphatic rings. The van der Waals surface area contributed by atoms with Gasteiger partial charge in [0.05, 0.1) is 12.5 Å². The van der Waals surface area contributed by atoms with Crippen molar-refractivity contribution in [2.75, 3.05) is 18.8 Å². The van der Waals surface area contributed by atoms with Gasteiger partial charge in [-0.1, -0.05) is 0 Å². The van der Waals surface area contributed by atoms with Crippen LogP contribution in [0, 0.1) is 0 Å². The molecule has 186 valence electrons. The van der Waals surface area contributed by atoms with E-state index in [0.717, 1.165) is 6.42 Å². The van der Waals surface area contributed by atoms with Crippen LogP contribution in [0.15, 0.2) is 4.99 Å². The Balaban J connectivity index is 2.92. The van der Waals surface area contributed by atoms with Crippen LogP contribution in [0.5, 0.6) is 0 Å². The van der Waals surface area contributed by atoms with Gasteiger partial charge in [-0.15, -0.1) is 0 Å². The van der Waals surface area contributed by atoms with Crippen LogP contribution < -0.4 is 32.7 Å². The van der Waals surface area contributed by atoms with Crippen molar-refractivity contribution in [1.29, 1.82) is 0 Å². The maximum atomic E-state index is 12.9. The van der Waals surface area contributed by atoms with Crippen molar-refractivity contribution in [3.63, 3.8) is 0 Å². The molecule has 10 N–H and O–H groups in total. The molecule has 0 aromatic carbocycles. The third-order valence-corrected chi connectivity index (χ3v) is 5.13. The van der Waals surface area contributed by atoms with E-state index in [2.05, 4.69) is 38.9 Å². The van der Waals surface area contributed by atoms with Crippen LogP contribution in [0.2, 0.25) is 0 Å². The molecule has 4 unspecified atom stereocenters. The number of nitrogens with one attached hydrogen (secondary N) is 4. The quantitative estimate of drug-likeness (QED) is 0.0510. The maximum absolute atomic E-state index is 12.9. The standard InChI is InChI=1S/C18H31N7O7S/c19-18(20)22-6-2-4-10(23-14(28)9-3-1-5-21-9)15(29)24-11(7-13(26)27)16(30)25-12(8-33)17(31)32/h9-12,21,33H,1-8H2,(H,23,28)(H,24,29)(H,25,30)(H,26,27)(H,31,32)(H4,19,20,22). The number of carbonyl (C=O) groups is 5. The number of nitrogens with two attached hydrogens (primary N) is 2. The summed E-state index contributed by atoms with van der Waals surface area (Å²) >= 11 is 3.83. The molecule has 1 aliphatic heterocycles. The molecule has 14 nitrogen and oxygen atoms in total. The SMILES string of the molecule is NC(N)=NCCCC(NC(=O)C1CCCN1)C(=O)NC(CC(=O)O)C(=O)NC(CS)C(=O)O.